The monoisotopic (exact) mass is 505 g/mol. The number of likely N-dealkylation sites (tertiary alicyclic amines) is 1. The lowest BCUT2D eigenvalue weighted by Gasteiger charge is -2.41. The number of cyclic esters (lactones) is 1. The molecule has 0 N–H and O–H groups in total. The standard InChI is InChI=1S/C28H43NO7/c1-10-11-18(4)29-14-27(7)22-20(29)25(33)36-28(22,8)15-35-24(32)19(5)21(30)16(2)12-26(6,34-9)13-17(3)23(27)31/h10,16-20,22H,1,11-15H2,2-9H3/t16-,17-,18?,19-,20-,22?,26+,27-,28-/m1/s1. The number of rotatable bonds is 4. The normalized spacial score (nSPS) is 43.4. The number of methoxy groups -OCH3 is 1. The highest BCUT2D eigenvalue weighted by Crippen LogP contribution is 2.54. The van der Waals surface area contributed by atoms with Gasteiger partial charge in [0.25, 0.3) is 0 Å². The Hall–Kier alpha value is -2.06. The third-order valence-electron chi connectivity index (χ3n) is 8.92. The van der Waals surface area contributed by atoms with Crippen molar-refractivity contribution in [2.45, 2.75) is 91.0 Å². The number of carbonyl (C=O) groups is 4. The summed E-state index contributed by atoms with van der Waals surface area (Å²) in [5.41, 5.74) is -2.86. The molecule has 3 heterocycles. The number of ether oxygens (including phenoxy) is 3. The molecule has 9 atom stereocenters. The molecule has 8 nitrogen and oxygen atoms in total. The summed E-state index contributed by atoms with van der Waals surface area (Å²) in [7, 11) is 1.59. The van der Waals surface area contributed by atoms with Crippen LogP contribution in [-0.4, -0.2) is 72.0 Å². The summed E-state index contributed by atoms with van der Waals surface area (Å²) in [5.74, 6) is -3.61. The predicted molar refractivity (Wildman–Crippen MR) is 134 cm³/mol. The third kappa shape index (κ3) is 4.78. The molecule has 3 rings (SSSR count). The summed E-state index contributed by atoms with van der Waals surface area (Å²) < 4.78 is 17.4. The Kier molecular flexibility index (Phi) is 7.93. The molecule has 8 heteroatoms. The van der Waals surface area contributed by atoms with Gasteiger partial charge in [0.05, 0.1) is 5.60 Å². The van der Waals surface area contributed by atoms with E-state index in [2.05, 4.69) is 6.58 Å². The van der Waals surface area contributed by atoms with Crippen LogP contribution in [0.25, 0.3) is 0 Å². The van der Waals surface area contributed by atoms with Crippen molar-refractivity contribution in [2.24, 2.45) is 29.1 Å². The molecule has 3 aliphatic rings. The summed E-state index contributed by atoms with van der Waals surface area (Å²) in [4.78, 5) is 55.5. The zero-order chi connectivity index (χ0) is 27.2. The van der Waals surface area contributed by atoms with Gasteiger partial charge >= 0.3 is 11.9 Å². The lowest BCUT2D eigenvalue weighted by molar-refractivity contribution is -0.172. The Labute approximate surface area is 215 Å². The van der Waals surface area contributed by atoms with Gasteiger partial charge in [-0.05, 0) is 47.0 Å². The topological polar surface area (TPSA) is 99.2 Å². The fraction of sp³-hybridized carbons (Fsp3) is 0.786. The maximum absolute atomic E-state index is 14.2. The fourth-order valence-corrected chi connectivity index (χ4v) is 7.09. The molecule has 2 unspecified atom stereocenters. The molecule has 0 aliphatic carbocycles. The zero-order valence-corrected chi connectivity index (χ0v) is 23.1. The van der Waals surface area contributed by atoms with Gasteiger partial charge in [-0.2, -0.15) is 0 Å². The second-order valence-corrected chi connectivity index (χ2v) is 12.1. The number of esters is 2. The summed E-state index contributed by atoms with van der Waals surface area (Å²) in [6.07, 6.45) is 3.25. The fourth-order valence-electron chi connectivity index (χ4n) is 7.09. The van der Waals surface area contributed by atoms with Crippen LogP contribution in [0.1, 0.15) is 67.7 Å². The first-order valence-corrected chi connectivity index (χ1v) is 13.0. The van der Waals surface area contributed by atoms with Crippen LogP contribution in [0, 0.1) is 29.1 Å². The molecule has 0 bridgehead atoms. The first-order valence-electron chi connectivity index (χ1n) is 13.0. The van der Waals surface area contributed by atoms with Crippen LogP contribution < -0.4 is 0 Å². The molecular weight excluding hydrogens is 462 g/mol. The van der Waals surface area contributed by atoms with Crippen molar-refractivity contribution in [3.8, 4) is 0 Å². The first kappa shape index (κ1) is 28.5. The van der Waals surface area contributed by atoms with Crippen LogP contribution >= 0.6 is 0 Å². The molecule has 0 amide bonds. The van der Waals surface area contributed by atoms with Gasteiger partial charge in [0.15, 0.2) is 0 Å². The van der Waals surface area contributed by atoms with Gasteiger partial charge in [0.1, 0.15) is 35.7 Å². The molecule has 0 aromatic carbocycles. The molecule has 0 aromatic heterocycles. The smallest absolute Gasteiger partial charge is 0.324 e. The van der Waals surface area contributed by atoms with Gasteiger partial charge in [0, 0.05) is 42.9 Å². The number of nitrogens with zero attached hydrogens (tertiary/aromatic N) is 1. The molecule has 202 valence electrons. The summed E-state index contributed by atoms with van der Waals surface area (Å²) >= 11 is 0. The number of Topliss-reactive ketones (excluding diaryl/α,β-unsaturated/α-hetero) is 2. The highest BCUT2D eigenvalue weighted by Gasteiger charge is 2.69. The van der Waals surface area contributed by atoms with Crippen LogP contribution in [0.3, 0.4) is 0 Å². The largest absolute Gasteiger partial charge is 0.461 e. The molecular formula is C28H43NO7. The minimum Gasteiger partial charge on any atom is -0.461 e. The SMILES string of the molecule is C=CCC(C)N1C[C@@]2(C)C(=O)[C@H](C)C[C@@](C)(OC)C[C@@H](C)C(=O)[C@@H](C)C(=O)OC[C@@]3(C)OC(=O)[C@H]1C32. The molecule has 0 spiro atoms. The van der Waals surface area contributed by atoms with Crippen molar-refractivity contribution in [2.75, 3.05) is 20.3 Å². The van der Waals surface area contributed by atoms with Gasteiger partial charge in [-0.1, -0.05) is 26.8 Å². The van der Waals surface area contributed by atoms with E-state index in [1.165, 1.54) is 0 Å². The second-order valence-electron chi connectivity index (χ2n) is 12.1. The highest BCUT2D eigenvalue weighted by atomic mass is 16.6. The van der Waals surface area contributed by atoms with Gasteiger partial charge < -0.3 is 14.2 Å². The average molecular weight is 506 g/mol. The Morgan fingerprint density at radius 3 is 2.28 bits per heavy atom. The van der Waals surface area contributed by atoms with Crippen molar-refractivity contribution in [1.29, 1.82) is 0 Å². The summed E-state index contributed by atoms with van der Waals surface area (Å²) in [6.45, 7) is 16.8. The van der Waals surface area contributed by atoms with E-state index in [-0.39, 0.29) is 30.1 Å². The van der Waals surface area contributed by atoms with E-state index < -0.39 is 52.4 Å². The number of hydrogen-bond donors (Lipinski definition) is 0. The second kappa shape index (κ2) is 10.0. The maximum atomic E-state index is 14.2. The van der Waals surface area contributed by atoms with E-state index in [1.807, 2.05) is 32.6 Å². The maximum Gasteiger partial charge on any atom is 0.324 e. The van der Waals surface area contributed by atoms with Crippen LogP contribution in [0.5, 0.6) is 0 Å². The molecule has 0 saturated carbocycles. The Balaban J connectivity index is 2.11. The molecule has 0 radical (unpaired) electrons. The van der Waals surface area contributed by atoms with Crippen LogP contribution in [-0.2, 0) is 33.4 Å². The van der Waals surface area contributed by atoms with E-state index >= 15 is 0 Å². The van der Waals surface area contributed by atoms with Crippen LogP contribution in [0.2, 0.25) is 0 Å². The average Bonchev–Trinajstić information content (AvgIpc) is 3.29. The summed E-state index contributed by atoms with van der Waals surface area (Å²) in [6, 6.07) is -0.659. The van der Waals surface area contributed by atoms with E-state index in [0.29, 0.717) is 25.8 Å². The Bertz CT molecular complexity index is 933. The molecule has 3 aliphatic heterocycles. The Morgan fingerprint density at radius 1 is 1.08 bits per heavy atom. The quantitative estimate of drug-likeness (QED) is 0.326. The minimum atomic E-state index is -1.20. The van der Waals surface area contributed by atoms with Crippen molar-refractivity contribution in [3.05, 3.63) is 12.7 Å². The van der Waals surface area contributed by atoms with E-state index in [4.69, 9.17) is 14.2 Å². The van der Waals surface area contributed by atoms with E-state index in [1.54, 1.807) is 34.0 Å². The van der Waals surface area contributed by atoms with Gasteiger partial charge in [-0.15, -0.1) is 6.58 Å². The minimum absolute atomic E-state index is 0.0225. The first-order chi connectivity index (χ1) is 16.6. The van der Waals surface area contributed by atoms with Crippen molar-refractivity contribution >= 4 is 23.5 Å². The van der Waals surface area contributed by atoms with Crippen molar-refractivity contribution < 1.29 is 33.4 Å². The number of ketones is 2. The van der Waals surface area contributed by atoms with Gasteiger partial charge in [-0.25, -0.2) is 0 Å². The molecule has 3 fully saturated rings. The molecule has 36 heavy (non-hydrogen) atoms. The summed E-state index contributed by atoms with van der Waals surface area (Å²) in [5, 5.41) is 0. The number of carbonyl (C=O) groups excluding carboxylic acids is 4. The molecule has 0 aromatic rings. The van der Waals surface area contributed by atoms with Gasteiger partial charge in [-0.3, -0.25) is 24.1 Å². The van der Waals surface area contributed by atoms with E-state index in [0.717, 1.165) is 0 Å². The van der Waals surface area contributed by atoms with E-state index in [9.17, 15) is 19.2 Å². The lowest BCUT2D eigenvalue weighted by atomic mass is 9.64. The third-order valence-corrected chi connectivity index (χ3v) is 8.92. The van der Waals surface area contributed by atoms with Gasteiger partial charge in [0.2, 0.25) is 0 Å². The van der Waals surface area contributed by atoms with Crippen LogP contribution in [0.4, 0.5) is 0 Å². The predicted octanol–water partition coefficient (Wildman–Crippen LogP) is 3.36. The highest BCUT2D eigenvalue weighted by molar-refractivity contribution is 5.99. The molecule has 3 saturated heterocycles. The lowest BCUT2D eigenvalue weighted by Crippen LogP contribution is -2.52. The van der Waals surface area contributed by atoms with Crippen molar-refractivity contribution in [1.82, 2.24) is 4.90 Å². The zero-order valence-electron chi connectivity index (χ0n) is 23.1. The van der Waals surface area contributed by atoms with Crippen LogP contribution in [0.15, 0.2) is 12.7 Å². The Morgan fingerprint density at radius 2 is 1.69 bits per heavy atom. The number of hydrogen-bond acceptors (Lipinski definition) is 8. The van der Waals surface area contributed by atoms with Crippen molar-refractivity contribution in [3.63, 3.8) is 0 Å².